The van der Waals surface area contributed by atoms with Crippen LogP contribution in [0.2, 0.25) is 5.02 Å². The molecule has 1 aliphatic carbocycles. The first-order valence-corrected chi connectivity index (χ1v) is 8.96. The van der Waals surface area contributed by atoms with E-state index in [1.165, 1.54) is 37.7 Å². The molecule has 2 rings (SSSR count). The topological polar surface area (TPSA) is 12.0 Å². The minimum Gasteiger partial charge on any atom is -0.316 e. The smallest absolute Gasteiger partial charge is 0.0408 e. The van der Waals surface area contributed by atoms with Crippen molar-refractivity contribution in [3.8, 4) is 0 Å². The molecule has 1 nitrogen and oxygen atoms in total. The van der Waals surface area contributed by atoms with Crippen molar-refractivity contribution in [3.63, 3.8) is 0 Å². The highest BCUT2D eigenvalue weighted by molar-refractivity contribution is 6.30. The fourth-order valence-electron chi connectivity index (χ4n) is 3.53. The van der Waals surface area contributed by atoms with E-state index in [1.807, 2.05) is 6.07 Å². The van der Waals surface area contributed by atoms with Gasteiger partial charge in [0.15, 0.2) is 0 Å². The van der Waals surface area contributed by atoms with Gasteiger partial charge in [-0.15, -0.1) is 0 Å². The molecular weight excluding hydrogens is 278 g/mol. The molecule has 1 saturated carbocycles. The molecule has 21 heavy (non-hydrogen) atoms. The second-order valence-electron chi connectivity index (χ2n) is 7.14. The highest BCUT2D eigenvalue weighted by Crippen LogP contribution is 2.31. The SMILES string of the molecule is CC(C)CNCC(Cc1cccc(Cl)c1)CC1CCCC1. The van der Waals surface area contributed by atoms with Crippen LogP contribution in [0.15, 0.2) is 24.3 Å². The van der Waals surface area contributed by atoms with E-state index < -0.39 is 0 Å². The molecule has 0 amide bonds. The van der Waals surface area contributed by atoms with Crippen molar-refractivity contribution in [2.45, 2.75) is 52.4 Å². The van der Waals surface area contributed by atoms with Crippen LogP contribution in [0.1, 0.15) is 51.5 Å². The molecule has 0 aromatic heterocycles. The fourth-order valence-corrected chi connectivity index (χ4v) is 3.74. The maximum absolute atomic E-state index is 6.13. The zero-order valence-electron chi connectivity index (χ0n) is 13.6. The third kappa shape index (κ3) is 6.40. The van der Waals surface area contributed by atoms with Crippen molar-refractivity contribution in [1.82, 2.24) is 5.32 Å². The highest BCUT2D eigenvalue weighted by atomic mass is 35.5. The number of nitrogens with one attached hydrogen (secondary N) is 1. The van der Waals surface area contributed by atoms with Gasteiger partial charge >= 0.3 is 0 Å². The molecule has 0 heterocycles. The van der Waals surface area contributed by atoms with Gasteiger partial charge in [0.1, 0.15) is 0 Å². The molecule has 0 bridgehead atoms. The Morgan fingerprint density at radius 2 is 1.95 bits per heavy atom. The standard InChI is InChI=1S/C19H30ClN/c1-15(2)13-21-14-18(10-16-6-3-4-7-16)11-17-8-5-9-19(20)12-17/h5,8-9,12,15-16,18,21H,3-4,6-7,10-11,13-14H2,1-2H3. The molecular formula is C19H30ClN. The van der Waals surface area contributed by atoms with E-state index in [2.05, 4.69) is 37.4 Å². The summed E-state index contributed by atoms with van der Waals surface area (Å²) in [6.07, 6.45) is 8.29. The Balaban J connectivity index is 1.89. The van der Waals surface area contributed by atoms with Crippen molar-refractivity contribution < 1.29 is 0 Å². The lowest BCUT2D eigenvalue weighted by atomic mass is 9.88. The summed E-state index contributed by atoms with van der Waals surface area (Å²) in [5.74, 6) is 2.42. The van der Waals surface area contributed by atoms with Crippen molar-refractivity contribution in [1.29, 1.82) is 0 Å². The molecule has 1 aromatic carbocycles. The van der Waals surface area contributed by atoms with Crippen LogP contribution in [0.25, 0.3) is 0 Å². The second kappa shape index (κ2) is 8.80. The summed E-state index contributed by atoms with van der Waals surface area (Å²) < 4.78 is 0. The lowest BCUT2D eigenvalue weighted by Gasteiger charge is -2.22. The third-order valence-corrected chi connectivity index (χ3v) is 4.78. The fraction of sp³-hybridized carbons (Fsp3) is 0.684. The van der Waals surface area contributed by atoms with Crippen LogP contribution in [0, 0.1) is 17.8 Å². The molecule has 0 aliphatic heterocycles. The summed E-state index contributed by atoms with van der Waals surface area (Å²) in [5.41, 5.74) is 1.39. The molecule has 2 heteroatoms. The Kier molecular flexibility index (Phi) is 7.06. The predicted octanol–water partition coefficient (Wildman–Crippen LogP) is 5.32. The Bertz CT molecular complexity index is 410. The van der Waals surface area contributed by atoms with E-state index >= 15 is 0 Å². The Morgan fingerprint density at radius 3 is 2.62 bits per heavy atom. The van der Waals surface area contributed by atoms with Crippen LogP contribution in [-0.2, 0) is 6.42 Å². The summed E-state index contributed by atoms with van der Waals surface area (Å²) in [5, 5.41) is 4.52. The molecule has 118 valence electrons. The van der Waals surface area contributed by atoms with E-state index in [0.29, 0.717) is 0 Å². The predicted molar refractivity (Wildman–Crippen MR) is 92.9 cm³/mol. The number of hydrogen-bond acceptors (Lipinski definition) is 1. The first-order valence-electron chi connectivity index (χ1n) is 8.58. The van der Waals surface area contributed by atoms with Gasteiger partial charge in [-0.25, -0.2) is 0 Å². The summed E-state index contributed by atoms with van der Waals surface area (Å²) in [6, 6.07) is 8.39. The summed E-state index contributed by atoms with van der Waals surface area (Å²) in [7, 11) is 0. The van der Waals surface area contributed by atoms with Gasteiger partial charge in [-0.3, -0.25) is 0 Å². The Labute approximate surface area is 135 Å². The molecule has 0 radical (unpaired) electrons. The van der Waals surface area contributed by atoms with Gasteiger partial charge in [0.25, 0.3) is 0 Å². The highest BCUT2D eigenvalue weighted by Gasteiger charge is 2.20. The average Bonchev–Trinajstić information content (AvgIpc) is 2.91. The van der Waals surface area contributed by atoms with Gasteiger partial charge in [0, 0.05) is 5.02 Å². The largest absolute Gasteiger partial charge is 0.316 e. The molecule has 1 fully saturated rings. The molecule has 1 atom stereocenters. The van der Waals surface area contributed by atoms with Gasteiger partial charge in [-0.2, -0.15) is 0 Å². The van der Waals surface area contributed by atoms with E-state index in [0.717, 1.165) is 42.3 Å². The summed E-state index contributed by atoms with van der Waals surface area (Å²) >= 11 is 6.13. The molecule has 1 unspecified atom stereocenters. The van der Waals surface area contributed by atoms with E-state index in [4.69, 9.17) is 11.6 Å². The molecule has 1 aromatic rings. The van der Waals surface area contributed by atoms with Gasteiger partial charge in [0.05, 0.1) is 0 Å². The third-order valence-electron chi connectivity index (χ3n) is 4.54. The zero-order valence-corrected chi connectivity index (χ0v) is 14.3. The van der Waals surface area contributed by atoms with Crippen molar-refractivity contribution in [3.05, 3.63) is 34.9 Å². The Morgan fingerprint density at radius 1 is 1.19 bits per heavy atom. The maximum atomic E-state index is 6.13. The van der Waals surface area contributed by atoms with Crippen LogP contribution in [0.4, 0.5) is 0 Å². The first kappa shape index (κ1) is 16.8. The lowest BCUT2D eigenvalue weighted by molar-refractivity contribution is 0.351. The van der Waals surface area contributed by atoms with Crippen LogP contribution in [-0.4, -0.2) is 13.1 Å². The van der Waals surface area contributed by atoms with Crippen LogP contribution < -0.4 is 5.32 Å². The number of rotatable bonds is 8. The molecule has 1 aliphatic rings. The molecule has 1 N–H and O–H groups in total. The van der Waals surface area contributed by atoms with E-state index in [-0.39, 0.29) is 0 Å². The minimum absolute atomic E-state index is 0.725. The van der Waals surface area contributed by atoms with Gasteiger partial charge < -0.3 is 5.32 Å². The normalized spacial score (nSPS) is 17.5. The van der Waals surface area contributed by atoms with Gasteiger partial charge in [-0.1, -0.05) is 63.3 Å². The van der Waals surface area contributed by atoms with Crippen molar-refractivity contribution >= 4 is 11.6 Å². The van der Waals surface area contributed by atoms with Crippen LogP contribution in [0.3, 0.4) is 0 Å². The lowest BCUT2D eigenvalue weighted by Crippen LogP contribution is -2.28. The number of benzene rings is 1. The minimum atomic E-state index is 0.725. The zero-order chi connectivity index (χ0) is 15.1. The monoisotopic (exact) mass is 307 g/mol. The average molecular weight is 308 g/mol. The van der Waals surface area contributed by atoms with Crippen molar-refractivity contribution in [2.24, 2.45) is 17.8 Å². The van der Waals surface area contributed by atoms with Crippen LogP contribution in [0.5, 0.6) is 0 Å². The van der Waals surface area contributed by atoms with Gasteiger partial charge in [-0.05, 0) is 61.4 Å². The Hall–Kier alpha value is -0.530. The number of halogens is 1. The van der Waals surface area contributed by atoms with E-state index in [1.54, 1.807) is 0 Å². The van der Waals surface area contributed by atoms with Crippen LogP contribution >= 0.6 is 11.6 Å². The van der Waals surface area contributed by atoms with Crippen molar-refractivity contribution in [2.75, 3.05) is 13.1 Å². The van der Waals surface area contributed by atoms with E-state index in [9.17, 15) is 0 Å². The second-order valence-corrected chi connectivity index (χ2v) is 7.57. The van der Waals surface area contributed by atoms with Gasteiger partial charge in [0.2, 0.25) is 0 Å². The number of hydrogen-bond donors (Lipinski definition) is 1. The summed E-state index contributed by atoms with van der Waals surface area (Å²) in [6.45, 7) is 6.81. The summed E-state index contributed by atoms with van der Waals surface area (Å²) in [4.78, 5) is 0. The maximum Gasteiger partial charge on any atom is 0.0408 e. The quantitative estimate of drug-likeness (QED) is 0.685. The first-order chi connectivity index (χ1) is 10.1. The molecule has 0 saturated heterocycles. The molecule has 0 spiro atoms.